The average molecular weight is 320 g/mol. The van der Waals surface area contributed by atoms with Gasteiger partial charge < -0.3 is 15.5 Å². The number of anilines is 2. The fraction of sp³-hybridized carbons (Fsp3) is 0.267. The van der Waals surface area contributed by atoms with Crippen LogP contribution in [-0.4, -0.2) is 48.2 Å². The van der Waals surface area contributed by atoms with Gasteiger partial charge in [-0.3, -0.25) is 4.79 Å². The number of nitrogens with one attached hydrogen (secondary N) is 2. The molecular weight excluding hydrogens is 302 g/mol. The third-order valence-corrected chi connectivity index (χ3v) is 3.11. The number of nitrogens with zero attached hydrogens (tertiary/aromatic N) is 3. The van der Waals surface area contributed by atoms with Gasteiger partial charge in [0.15, 0.2) is 11.5 Å². The number of halogens is 1. The molecule has 0 saturated carbocycles. The minimum absolute atomic E-state index is 0.229. The lowest BCUT2D eigenvalue weighted by atomic mass is 10.3. The summed E-state index contributed by atoms with van der Waals surface area (Å²) in [6, 6.07) is 10.6. The van der Waals surface area contributed by atoms with E-state index in [0.717, 1.165) is 12.2 Å². The summed E-state index contributed by atoms with van der Waals surface area (Å²) in [4.78, 5) is 13.9. The van der Waals surface area contributed by atoms with Crippen LogP contribution in [0.25, 0.3) is 0 Å². The second-order valence-electron chi connectivity index (χ2n) is 4.99. The van der Waals surface area contributed by atoms with Gasteiger partial charge in [0.1, 0.15) is 0 Å². The Morgan fingerprint density at radius 3 is 2.45 bits per heavy atom. The normalized spacial score (nSPS) is 10.5. The Kier molecular flexibility index (Phi) is 5.68. The molecule has 0 radical (unpaired) electrons. The molecule has 0 fully saturated rings. The van der Waals surface area contributed by atoms with Crippen molar-refractivity contribution in [3.05, 3.63) is 47.1 Å². The monoisotopic (exact) mass is 319 g/mol. The van der Waals surface area contributed by atoms with Crippen molar-refractivity contribution >= 4 is 29.0 Å². The molecule has 7 heteroatoms. The van der Waals surface area contributed by atoms with Crippen LogP contribution in [0.1, 0.15) is 10.5 Å². The first-order valence-corrected chi connectivity index (χ1v) is 7.21. The first-order valence-electron chi connectivity index (χ1n) is 6.84. The summed E-state index contributed by atoms with van der Waals surface area (Å²) in [6.45, 7) is 1.34. The van der Waals surface area contributed by atoms with Crippen molar-refractivity contribution in [2.24, 2.45) is 0 Å². The van der Waals surface area contributed by atoms with E-state index < -0.39 is 0 Å². The molecule has 116 valence electrons. The zero-order valence-corrected chi connectivity index (χ0v) is 13.3. The zero-order valence-electron chi connectivity index (χ0n) is 12.5. The fourth-order valence-electron chi connectivity index (χ4n) is 1.68. The van der Waals surface area contributed by atoms with Gasteiger partial charge in [-0.05, 0) is 50.5 Å². The maximum absolute atomic E-state index is 11.9. The quantitative estimate of drug-likeness (QED) is 0.854. The molecular formula is C15H18ClN5O. The lowest BCUT2D eigenvalue weighted by molar-refractivity contribution is 0.0945. The highest BCUT2D eigenvalue weighted by Crippen LogP contribution is 2.17. The van der Waals surface area contributed by atoms with Crippen molar-refractivity contribution in [3.8, 4) is 0 Å². The predicted octanol–water partition coefficient (Wildman–Crippen LogP) is 2.17. The van der Waals surface area contributed by atoms with Crippen LogP contribution in [0.4, 0.5) is 11.5 Å². The van der Waals surface area contributed by atoms with Crippen molar-refractivity contribution in [1.82, 2.24) is 20.4 Å². The third-order valence-electron chi connectivity index (χ3n) is 2.86. The number of rotatable bonds is 6. The molecule has 2 aromatic rings. The summed E-state index contributed by atoms with van der Waals surface area (Å²) in [5.41, 5.74) is 1.14. The highest BCUT2D eigenvalue weighted by Gasteiger charge is 2.07. The van der Waals surface area contributed by atoms with Gasteiger partial charge in [-0.25, -0.2) is 0 Å². The Morgan fingerprint density at radius 2 is 1.86 bits per heavy atom. The average Bonchev–Trinajstić information content (AvgIpc) is 2.50. The molecule has 22 heavy (non-hydrogen) atoms. The summed E-state index contributed by atoms with van der Waals surface area (Å²) < 4.78 is 0. The second-order valence-corrected chi connectivity index (χ2v) is 5.43. The smallest absolute Gasteiger partial charge is 0.271 e. The first-order chi connectivity index (χ1) is 10.5. The van der Waals surface area contributed by atoms with Crippen molar-refractivity contribution < 1.29 is 4.79 Å². The summed E-state index contributed by atoms with van der Waals surface area (Å²) in [6.07, 6.45) is 0. The topological polar surface area (TPSA) is 70.2 Å². The van der Waals surface area contributed by atoms with Gasteiger partial charge in [0.25, 0.3) is 5.91 Å². The predicted molar refractivity (Wildman–Crippen MR) is 87.7 cm³/mol. The molecule has 0 saturated heterocycles. The van der Waals surface area contributed by atoms with E-state index in [-0.39, 0.29) is 5.91 Å². The van der Waals surface area contributed by atoms with Crippen molar-refractivity contribution in [2.75, 3.05) is 32.5 Å². The van der Waals surface area contributed by atoms with Crippen LogP contribution in [0, 0.1) is 0 Å². The van der Waals surface area contributed by atoms with Crippen molar-refractivity contribution in [2.45, 2.75) is 0 Å². The van der Waals surface area contributed by atoms with Crippen molar-refractivity contribution in [3.63, 3.8) is 0 Å². The zero-order chi connectivity index (χ0) is 15.9. The van der Waals surface area contributed by atoms with E-state index in [0.29, 0.717) is 23.1 Å². The van der Waals surface area contributed by atoms with Gasteiger partial charge in [-0.2, -0.15) is 0 Å². The van der Waals surface area contributed by atoms with Gasteiger partial charge in [0.05, 0.1) is 0 Å². The molecule has 1 amide bonds. The molecule has 1 heterocycles. The van der Waals surface area contributed by atoms with E-state index >= 15 is 0 Å². The number of likely N-dealkylation sites (N-methyl/N-ethyl adjacent to an activating group) is 1. The fourth-order valence-corrected chi connectivity index (χ4v) is 1.81. The Morgan fingerprint density at radius 1 is 1.14 bits per heavy atom. The van der Waals surface area contributed by atoms with Crippen LogP contribution < -0.4 is 10.6 Å². The molecule has 0 aliphatic carbocycles. The molecule has 0 atom stereocenters. The van der Waals surface area contributed by atoms with Crippen LogP contribution in [-0.2, 0) is 0 Å². The summed E-state index contributed by atoms with van der Waals surface area (Å²) in [5, 5.41) is 14.5. The lowest BCUT2D eigenvalue weighted by Crippen LogP contribution is -2.31. The van der Waals surface area contributed by atoms with E-state index in [9.17, 15) is 4.79 Å². The van der Waals surface area contributed by atoms with Crippen LogP contribution >= 0.6 is 11.6 Å². The highest BCUT2D eigenvalue weighted by atomic mass is 35.5. The molecule has 0 unspecified atom stereocenters. The number of hydrogen-bond donors (Lipinski definition) is 2. The number of carbonyl (C=O) groups excluding carboxylic acids is 1. The molecule has 0 spiro atoms. The van der Waals surface area contributed by atoms with Gasteiger partial charge >= 0.3 is 0 Å². The Balaban J connectivity index is 1.92. The summed E-state index contributed by atoms with van der Waals surface area (Å²) >= 11 is 5.83. The van der Waals surface area contributed by atoms with E-state index in [1.165, 1.54) is 0 Å². The Bertz CT molecular complexity index is 613. The molecule has 0 aliphatic heterocycles. The lowest BCUT2D eigenvalue weighted by Gasteiger charge is -2.10. The van der Waals surface area contributed by atoms with Crippen LogP contribution in [0.15, 0.2) is 36.4 Å². The van der Waals surface area contributed by atoms with Gasteiger partial charge in [0.2, 0.25) is 0 Å². The molecule has 6 nitrogen and oxygen atoms in total. The second kappa shape index (κ2) is 7.72. The molecule has 2 rings (SSSR count). The minimum atomic E-state index is -0.229. The number of carbonyl (C=O) groups is 1. The molecule has 0 aliphatic rings. The maximum atomic E-state index is 11.9. The third kappa shape index (κ3) is 4.98. The maximum Gasteiger partial charge on any atom is 0.271 e. The Hall–Kier alpha value is -2.18. The molecule has 0 bridgehead atoms. The SMILES string of the molecule is CN(C)CCNC(=O)c1ccc(Nc2ccc(Cl)cc2)nn1. The minimum Gasteiger partial charge on any atom is -0.349 e. The van der Waals surface area contributed by atoms with Gasteiger partial charge in [0, 0.05) is 23.8 Å². The number of aromatic nitrogens is 2. The van der Waals surface area contributed by atoms with Gasteiger partial charge in [-0.15, -0.1) is 10.2 Å². The van der Waals surface area contributed by atoms with Crippen LogP contribution in [0.2, 0.25) is 5.02 Å². The van der Waals surface area contributed by atoms with E-state index in [2.05, 4.69) is 20.8 Å². The standard InChI is InChI=1S/C15H18ClN5O/c1-21(2)10-9-17-15(22)13-7-8-14(20-19-13)18-12-5-3-11(16)4-6-12/h3-8H,9-10H2,1-2H3,(H,17,22)(H,18,20). The molecule has 2 N–H and O–H groups in total. The number of benzene rings is 1. The largest absolute Gasteiger partial charge is 0.349 e. The molecule has 1 aromatic carbocycles. The number of amides is 1. The van der Waals surface area contributed by atoms with Crippen LogP contribution in [0.3, 0.4) is 0 Å². The summed E-state index contributed by atoms with van der Waals surface area (Å²) in [5.74, 6) is 0.333. The Labute approximate surface area is 134 Å². The first kappa shape index (κ1) is 16.2. The summed E-state index contributed by atoms with van der Waals surface area (Å²) in [7, 11) is 3.90. The van der Waals surface area contributed by atoms with E-state index in [1.54, 1.807) is 24.3 Å². The van der Waals surface area contributed by atoms with Crippen molar-refractivity contribution in [1.29, 1.82) is 0 Å². The molecule has 1 aromatic heterocycles. The van der Waals surface area contributed by atoms with E-state index in [4.69, 9.17) is 11.6 Å². The van der Waals surface area contributed by atoms with Gasteiger partial charge in [-0.1, -0.05) is 11.6 Å². The van der Waals surface area contributed by atoms with E-state index in [1.807, 2.05) is 31.1 Å². The number of hydrogen-bond acceptors (Lipinski definition) is 5. The van der Waals surface area contributed by atoms with Crippen LogP contribution in [0.5, 0.6) is 0 Å². The highest BCUT2D eigenvalue weighted by molar-refractivity contribution is 6.30.